The smallest absolute Gasteiger partial charge is 0.354 e. The first-order chi connectivity index (χ1) is 11.7. The summed E-state index contributed by atoms with van der Waals surface area (Å²) < 4.78 is 16.3. The molecule has 0 aromatic carbocycles. The minimum atomic E-state index is -1.09. The van der Waals surface area contributed by atoms with Crippen molar-refractivity contribution in [2.75, 3.05) is 70.7 Å². The molecule has 2 saturated heterocycles. The molecule has 1 aromatic heterocycles. The number of ether oxygens (including phenoxy) is 3. The van der Waals surface area contributed by atoms with Gasteiger partial charge in [0.05, 0.1) is 26.4 Å². The molecule has 2 fully saturated rings. The fourth-order valence-electron chi connectivity index (χ4n) is 2.61. The molecule has 0 spiro atoms. The lowest BCUT2D eigenvalue weighted by Gasteiger charge is -2.27. The van der Waals surface area contributed by atoms with Crippen molar-refractivity contribution in [3.05, 3.63) is 11.8 Å². The lowest BCUT2D eigenvalue weighted by Crippen LogP contribution is -2.39. The highest BCUT2D eigenvalue weighted by Gasteiger charge is 2.18. The first-order valence-electron chi connectivity index (χ1n) is 8.10. The Morgan fingerprint density at radius 3 is 2.46 bits per heavy atom. The van der Waals surface area contributed by atoms with Gasteiger partial charge in [-0.15, -0.1) is 0 Å². The van der Waals surface area contributed by atoms with Gasteiger partial charge in [-0.2, -0.15) is 4.98 Å². The molecule has 0 aliphatic carbocycles. The number of anilines is 1. The fourth-order valence-corrected chi connectivity index (χ4v) is 2.61. The molecule has 2 aliphatic heterocycles. The van der Waals surface area contributed by atoms with Crippen molar-refractivity contribution in [2.45, 2.75) is 0 Å². The summed E-state index contributed by atoms with van der Waals surface area (Å²) >= 11 is 0. The van der Waals surface area contributed by atoms with Gasteiger partial charge < -0.3 is 24.2 Å². The van der Waals surface area contributed by atoms with Gasteiger partial charge >= 0.3 is 5.97 Å². The molecule has 1 aromatic rings. The Hall–Kier alpha value is -1.97. The van der Waals surface area contributed by atoms with Crippen LogP contribution < -0.4 is 9.64 Å². The first kappa shape index (κ1) is 16.9. The van der Waals surface area contributed by atoms with E-state index in [0.717, 1.165) is 32.8 Å². The Morgan fingerprint density at radius 2 is 1.79 bits per heavy atom. The Labute approximate surface area is 140 Å². The van der Waals surface area contributed by atoms with Gasteiger partial charge in [-0.05, 0) is 0 Å². The molecule has 1 N–H and O–H groups in total. The molecule has 0 unspecified atom stereocenters. The van der Waals surface area contributed by atoms with Gasteiger partial charge in [0.2, 0.25) is 11.8 Å². The average Bonchev–Trinajstić information content (AvgIpc) is 2.63. The summed E-state index contributed by atoms with van der Waals surface area (Å²) in [4.78, 5) is 23.9. The predicted molar refractivity (Wildman–Crippen MR) is 84.8 cm³/mol. The maximum atomic E-state index is 11.3. The lowest BCUT2D eigenvalue weighted by molar-refractivity contribution is 0.0319. The van der Waals surface area contributed by atoms with Crippen molar-refractivity contribution in [3.8, 4) is 5.88 Å². The molecule has 132 valence electrons. The molecule has 3 rings (SSSR count). The summed E-state index contributed by atoms with van der Waals surface area (Å²) in [5.74, 6) is -0.429. The zero-order chi connectivity index (χ0) is 16.8. The number of rotatable bonds is 6. The van der Waals surface area contributed by atoms with E-state index < -0.39 is 5.97 Å². The van der Waals surface area contributed by atoms with Gasteiger partial charge in [-0.25, -0.2) is 9.78 Å². The third kappa shape index (κ3) is 4.53. The fraction of sp³-hybridized carbons (Fsp3) is 0.667. The van der Waals surface area contributed by atoms with Crippen LogP contribution in [0.5, 0.6) is 5.88 Å². The zero-order valence-corrected chi connectivity index (χ0v) is 13.5. The highest BCUT2D eigenvalue weighted by molar-refractivity contribution is 5.86. The van der Waals surface area contributed by atoms with E-state index in [1.807, 2.05) is 4.90 Å². The summed E-state index contributed by atoms with van der Waals surface area (Å²) in [5.41, 5.74) is -0.0622. The lowest BCUT2D eigenvalue weighted by atomic mass is 10.4. The molecule has 2 aliphatic rings. The van der Waals surface area contributed by atoms with Crippen LogP contribution in [0.1, 0.15) is 10.5 Å². The topological polar surface area (TPSA) is 97.2 Å². The molecule has 0 bridgehead atoms. The van der Waals surface area contributed by atoms with Gasteiger partial charge in [0, 0.05) is 38.8 Å². The molecule has 0 amide bonds. The van der Waals surface area contributed by atoms with E-state index in [4.69, 9.17) is 14.2 Å². The van der Waals surface area contributed by atoms with Crippen LogP contribution >= 0.6 is 0 Å². The number of carboxylic acids is 1. The quantitative estimate of drug-likeness (QED) is 0.751. The second kappa shape index (κ2) is 8.22. The summed E-state index contributed by atoms with van der Waals surface area (Å²) in [6, 6.07) is 1.37. The zero-order valence-electron chi connectivity index (χ0n) is 13.5. The van der Waals surface area contributed by atoms with Crippen LogP contribution in [0.25, 0.3) is 0 Å². The monoisotopic (exact) mass is 338 g/mol. The van der Waals surface area contributed by atoms with Crippen molar-refractivity contribution < 1.29 is 24.1 Å². The van der Waals surface area contributed by atoms with E-state index in [9.17, 15) is 9.90 Å². The second-order valence-corrected chi connectivity index (χ2v) is 5.60. The number of carbonyl (C=O) groups is 1. The van der Waals surface area contributed by atoms with Crippen molar-refractivity contribution in [1.82, 2.24) is 14.9 Å². The number of aromatic carboxylic acids is 1. The molecule has 0 atom stereocenters. The summed E-state index contributed by atoms with van der Waals surface area (Å²) in [5, 5.41) is 9.25. The molecule has 9 nitrogen and oxygen atoms in total. The van der Waals surface area contributed by atoms with Gasteiger partial charge in [0.15, 0.2) is 5.69 Å². The molecule has 24 heavy (non-hydrogen) atoms. The minimum Gasteiger partial charge on any atom is -0.477 e. The van der Waals surface area contributed by atoms with Crippen molar-refractivity contribution in [1.29, 1.82) is 0 Å². The normalized spacial score (nSPS) is 19.2. The molecule has 3 heterocycles. The third-order valence-electron chi connectivity index (χ3n) is 3.97. The van der Waals surface area contributed by atoms with Crippen LogP contribution in [0.15, 0.2) is 6.07 Å². The van der Waals surface area contributed by atoms with Crippen LogP contribution in [-0.2, 0) is 9.47 Å². The summed E-state index contributed by atoms with van der Waals surface area (Å²) in [6.07, 6.45) is 0. The maximum absolute atomic E-state index is 11.3. The van der Waals surface area contributed by atoms with Crippen LogP contribution in [0.3, 0.4) is 0 Å². The molecule has 0 saturated carbocycles. The Bertz CT molecular complexity index is 559. The summed E-state index contributed by atoms with van der Waals surface area (Å²) in [6.45, 7) is 6.85. The minimum absolute atomic E-state index is 0.0622. The highest BCUT2D eigenvalue weighted by atomic mass is 16.5. The van der Waals surface area contributed by atoms with Crippen LogP contribution in [-0.4, -0.2) is 91.7 Å². The summed E-state index contributed by atoms with van der Waals surface area (Å²) in [7, 11) is 0. The number of hydrogen-bond donors (Lipinski definition) is 1. The standard InChI is InChI=1S/C15H22N4O5/c20-14(21)12-11-13(24-10-3-18-1-6-22-7-2-18)17-15(16-12)19-4-8-23-9-5-19/h11H,1-10H2,(H,20,21). The number of morpholine rings is 2. The Kier molecular flexibility index (Phi) is 5.78. The van der Waals surface area contributed by atoms with Crippen LogP contribution in [0.4, 0.5) is 5.95 Å². The number of aromatic nitrogens is 2. The molecule has 0 radical (unpaired) electrons. The Morgan fingerprint density at radius 1 is 1.12 bits per heavy atom. The molecular formula is C15H22N4O5. The van der Waals surface area contributed by atoms with Crippen molar-refractivity contribution in [3.63, 3.8) is 0 Å². The van der Waals surface area contributed by atoms with Gasteiger partial charge in [-0.1, -0.05) is 0 Å². The van der Waals surface area contributed by atoms with E-state index in [0.29, 0.717) is 38.9 Å². The van der Waals surface area contributed by atoms with Gasteiger partial charge in [0.1, 0.15) is 6.61 Å². The number of hydrogen-bond acceptors (Lipinski definition) is 8. The largest absolute Gasteiger partial charge is 0.477 e. The number of nitrogens with zero attached hydrogens (tertiary/aromatic N) is 4. The van der Waals surface area contributed by atoms with E-state index in [-0.39, 0.29) is 11.6 Å². The van der Waals surface area contributed by atoms with Crippen LogP contribution in [0.2, 0.25) is 0 Å². The van der Waals surface area contributed by atoms with Gasteiger partial charge in [-0.3, -0.25) is 4.90 Å². The first-order valence-corrected chi connectivity index (χ1v) is 8.10. The SMILES string of the molecule is O=C(O)c1cc(OCCN2CCOCC2)nc(N2CCOCC2)n1. The van der Waals surface area contributed by atoms with E-state index in [1.54, 1.807) is 0 Å². The second-order valence-electron chi connectivity index (χ2n) is 5.60. The maximum Gasteiger partial charge on any atom is 0.354 e. The molecular weight excluding hydrogens is 316 g/mol. The predicted octanol–water partition coefficient (Wildman–Crippen LogP) is -0.278. The Balaban J connectivity index is 1.64. The van der Waals surface area contributed by atoms with Gasteiger partial charge in [0.25, 0.3) is 0 Å². The van der Waals surface area contributed by atoms with E-state index >= 15 is 0 Å². The van der Waals surface area contributed by atoms with E-state index in [1.165, 1.54) is 6.07 Å². The van der Waals surface area contributed by atoms with Crippen molar-refractivity contribution in [2.24, 2.45) is 0 Å². The number of carboxylic acid groups (broad SMARTS) is 1. The third-order valence-corrected chi connectivity index (χ3v) is 3.97. The average molecular weight is 338 g/mol. The highest BCUT2D eigenvalue weighted by Crippen LogP contribution is 2.17. The molecule has 9 heteroatoms. The van der Waals surface area contributed by atoms with Crippen LogP contribution in [0, 0.1) is 0 Å². The van der Waals surface area contributed by atoms with Crippen molar-refractivity contribution >= 4 is 11.9 Å². The van der Waals surface area contributed by atoms with E-state index in [2.05, 4.69) is 14.9 Å².